The van der Waals surface area contributed by atoms with Crippen LogP contribution in [0.15, 0.2) is 53.6 Å². The molecule has 0 aliphatic carbocycles. The number of rotatable bonds is 3. The zero-order valence-electron chi connectivity index (χ0n) is 9.88. The van der Waals surface area contributed by atoms with Crippen LogP contribution in [0.5, 0.6) is 5.75 Å². The average Bonchev–Trinajstić information content (AvgIpc) is 2.39. The summed E-state index contributed by atoms with van der Waals surface area (Å²) in [5.74, 6) is -0.510. The minimum absolute atomic E-state index is 0.0653. The summed E-state index contributed by atoms with van der Waals surface area (Å²) in [7, 11) is 0. The highest BCUT2D eigenvalue weighted by molar-refractivity contribution is 14.1. The molecule has 1 amide bonds. The Morgan fingerprint density at radius 2 is 2.00 bits per heavy atom. The number of benzene rings is 2. The van der Waals surface area contributed by atoms with Crippen molar-refractivity contribution in [2.45, 2.75) is 0 Å². The third-order valence-electron chi connectivity index (χ3n) is 2.38. The molecule has 4 nitrogen and oxygen atoms in total. The predicted molar refractivity (Wildman–Crippen MR) is 82.3 cm³/mol. The van der Waals surface area contributed by atoms with Crippen LogP contribution >= 0.6 is 22.6 Å². The predicted octanol–water partition coefficient (Wildman–Crippen LogP) is 2.76. The van der Waals surface area contributed by atoms with Gasteiger partial charge in [-0.05, 0) is 52.4 Å². The quantitative estimate of drug-likeness (QED) is 0.499. The lowest BCUT2D eigenvalue weighted by Crippen LogP contribution is -2.17. The molecule has 0 bridgehead atoms. The Bertz CT molecular complexity index is 626. The summed E-state index contributed by atoms with van der Waals surface area (Å²) in [5.41, 5.74) is 3.47. The number of aromatic hydroxyl groups is 1. The lowest BCUT2D eigenvalue weighted by Gasteiger charge is -2.01. The number of hydrazone groups is 1. The van der Waals surface area contributed by atoms with E-state index in [-0.39, 0.29) is 11.3 Å². The normalized spacial score (nSPS) is 10.6. The molecule has 0 saturated carbocycles. The molecule has 0 saturated heterocycles. The van der Waals surface area contributed by atoms with Crippen LogP contribution in [0.4, 0.5) is 0 Å². The van der Waals surface area contributed by atoms with Crippen molar-refractivity contribution in [3.05, 3.63) is 63.2 Å². The highest BCUT2D eigenvalue weighted by Gasteiger charge is 2.08. The third-order valence-corrected chi connectivity index (χ3v) is 3.05. The molecule has 0 spiro atoms. The second-order valence-electron chi connectivity index (χ2n) is 3.77. The number of carbonyl (C=O) groups excluding carboxylic acids is 1. The molecular formula is C14H11IN2O2. The molecule has 0 heterocycles. The lowest BCUT2D eigenvalue weighted by atomic mass is 10.2. The Kier molecular flexibility index (Phi) is 4.51. The number of phenols is 1. The second-order valence-corrected chi connectivity index (χ2v) is 5.02. The van der Waals surface area contributed by atoms with E-state index in [1.807, 2.05) is 24.3 Å². The van der Waals surface area contributed by atoms with Gasteiger partial charge in [0.25, 0.3) is 5.91 Å². The molecule has 0 unspecified atom stereocenters. The first-order chi connectivity index (χ1) is 9.16. The molecule has 19 heavy (non-hydrogen) atoms. The minimum Gasteiger partial charge on any atom is -0.507 e. The third kappa shape index (κ3) is 3.78. The molecular weight excluding hydrogens is 355 g/mol. The van der Waals surface area contributed by atoms with Crippen LogP contribution in [-0.2, 0) is 0 Å². The first kappa shape index (κ1) is 13.5. The Morgan fingerprint density at radius 3 is 2.74 bits per heavy atom. The molecule has 2 aromatic carbocycles. The fourth-order valence-corrected chi connectivity index (χ4v) is 2.05. The van der Waals surface area contributed by atoms with Gasteiger partial charge in [0.15, 0.2) is 0 Å². The van der Waals surface area contributed by atoms with Gasteiger partial charge in [0.2, 0.25) is 0 Å². The number of carbonyl (C=O) groups is 1. The molecule has 96 valence electrons. The van der Waals surface area contributed by atoms with E-state index in [9.17, 15) is 9.90 Å². The zero-order valence-corrected chi connectivity index (χ0v) is 12.0. The molecule has 0 fully saturated rings. The van der Waals surface area contributed by atoms with Crippen molar-refractivity contribution < 1.29 is 9.90 Å². The second kappa shape index (κ2) is 6.33. The summed E-state index contributed by atoms with van der Waals surface area (Å²) in [6, 6.07) is 14.0. The van der Waals surface area contributed by atoms with Crippen molar-refractivity contribution in [3.8, 4) is 5.75 Å². The van der Waals surface area contributed by atoms with E-state index in [4.69, 9.17) is 0 Å². The first-order valence-corrected chi connectivity index (χ1v) is 6.61. The maximum Gasteiger partial charge on any atom is 0.275 e. The molecule has 2 rings (SSSR count). The minimum atomic E-state index is -0.444. The molecule has 0 aromatic heterocycles. The van der Waals surface area contributed by atoms with Gasteiger partial charge in [-0.3, -0.25) is 4.79 Å². The number of hydrogen-bond donors (Lipinski definition) is 2. The molecule has 2 N–H and O–H groups in total. The number of nitrogens with one attached hydrogen (secondary N) is 1. The lowest BCUT2D eigenvalue weighted by molar-refractivity contribution is 0.0952. The highest BCUT2D eigenvalue weighted by Crippen LogP contribution is 2.14. The van der Waals surface area contributed by atoms with Gasteiger partial charge in [-0.25, -0.2) is 5.43 Å². The SMILES string of the molecule is O=C(N/N=C\c1cccc(I)c1)c1ccccc1O. The average molecular weight is 366 g/mol. The van der Waals surface area contributed by atoms with Gasteiger partial charge in [0, 0.05) is 3.57 Å². The smallest absolute Gasteiger partial charge is 0.275 e. The largest absolute Gasteiger partial charge is 0.507 e. The van der Waals surface area contributed by atoms with Gasteiger partial charge >= 0.3 is 0 Å². The van der Waals surface area contributed by atoms with E-state index in [0.717, 1.165) is 9.13 Å². The van der Waals surface area contributed by atoms with Gasteiger partial charge in [-0.15, -0.1) is 0 Å². The van der Waals surface area contributed by atoms with E-state index in [1.165, 1.54) is 12.1 Å². The number of halogens is 1. The maximum absolute atomic E-state index is 11.7. The van der Waals surface area contributed by atoms with Crippen LogP contribution in [0.3, 0.4) is 0 Å². The highest BCUT2D eigenvalue weighted by atomic mass is 127. The topological polar surface area (TPSA) is 61.7 Å². The van der Waals surface area contributed by atoms with Crippen molar-refractivity contribution in [2.75, 3.05) is 0 Å². The van der Waals surface area contributed by atoms with Crippen LogP contribution in [0, 0.1) is 3.57 Å². The van der Waals surface area contributed by atoms with E-state index < -0.39 is 5.91 Å². The van der Waals surface area contributed by atoms with Gasteiger partial charge in [0.05, 0.1) is 11.8 Å². The molecule has 0 atom stereocenters. The summed E-state index contributed by atoms with van der Waals surface area (Å²) < 4.78 is 1.09. The van der Waals surface area contributed by atoms with Gasteiger partial charge in [-0.2, -0.15) is 5.10 Å². The van der Waals surface area contributed by atoms with Crippen molar-refractivity contribution in [1.29, 1.82) is 0 Å². The summed E-state index contributed by atoms with van der Waals surface area (Å²) in [4.78, 5) is 11.7. The zero-order chi connectivity index (χ0) is 13.7. The van der Waals surface area contributed by atoms with Crippen molar-refractivity contribution in [3.63, 3.8) is 0 Å². The van der Waals surface area contributed by atoms with Crippen molar-refractivity contribution in [2.24, 2.45) is 5.10 Å². The molecule has 2 aromatic rings. The standard InChI is InChI=1S/C14H11IN2O2/c15-11-5-3-4-10(8-11)9-16-17-14(19)12-6-1-2-7-13(12)18/h1-9,18H,(H,17,19)/b16-9-. The maximum atomic E-state index is 11.7. The van der Waals surface area contributed by atoms with Crippen LogP contribution in [0.2, 0.25) is 0 Å². The molecule has 0 aliphatic rings. The van der Waals surface area contributed by atoms with E-state index in [2.05, 4.69) is 33.1 Å². The number of phenolic OH excluding ortho intramolecular Hbond substituents is 1. The van der Waals surface area contributed by atoms with Crippen molar-refractivity contribution >= 4 is 34.7 Å². The Balaban J connectivity index is 2.03. The Hall–Kier alpha value is -1.89. The Morgan fingerprint density at radius 1 is 1.21 bits per heavy atom. The number of amides is 1. The summed E-state index contributed by atoms with van der Waals surface area (Å²) in [6.45, 7) is 0. The number of hydrogen-bond acceptors (Lipinski definition) is 3. The molecule has 0 radical (unpaired) electrons. The Labute approximate surface area is 124 Å². The van der Waals surface area contributed by atoms with Crippen LogP contribution in [0.1, 0.15) is 15.9 Å². The molecule has 0 aliphatic heterocycles. The van der Waals surface area contributed by atoms with Gasteiger partial charge in [0.1, 0.15) is 5.75 Å². The summed E-state index contributed by atoms with van der Waals surface area (Å²) >= 11 is 2.20. The fraction of sp³-hybridized carbons (Fsp3) is 0. The summed E-state index contributed by atoms with van der Waals surface area (Å²) in [6.07, 6.45) is 1.56. The van der Waals surface area contributed by atoms with Crippen LogP contribution in [-0.4, -0.2) is 17.2 Å². The van der Waals surface area contributed by atoms with Gasteiger partial charge < -0.3 is 5.11 Å². The van der Waals surface area contributed by atoms with Crippen LogP contribution < -0.4 is 5.43 Å². The fourth-order valence-electron chi connectivity index (χ4n) is 1.48. The first-order valence-electron chi connectivity index (χ1n) is 5.54. The van der Waals surface area contributed by atoms with E-state index >= 15 is 0 Å². The van der Waals surface area contributed by atoms with E-state index in [1.54, 1.807) is 18.3 Å². The van der Waals surface area contributed by atoms with Crippen molar-refractivity contribution in [1.82, 2.24) is 5.43 Å². The van der Waals surface area contributed by atoms with Crippen LogP contribution in [0.25, 0.3) is 0 Å². The van der Waals surface area contributed by atoms with E-state index in [0.29, 0.717) is 0 Å². The number of nitrogens with zero attached hydrogens (tertiary/aromatic N) is 1. The summed E-state index contributed by atoms with van der Waals surface area (Å²) in [5, 5.41) is 13.4. The van der Waals surface area contributed by atoms with Gasteiger partial charge in [-0.1, -0.05) is 24.3 Å². The number of para-hydroxylation sites is 1. The monoisotopic (exact) mass is 366 g/mol. The molecule has 5 heteroatoms.